The molecule has 2 unspecified atom stereocenters. The van der Waals surface area contributed by atoms with Crippen LogP contribution in [0.1, 0.15) is 155 Å². The van der Waals surface area contributed by atoms with E-state index < -0.39 is 32.5 Å². The number of phosphoric acid groups is 1. The molecule has 0 saturated heterocycles. The van der Waals surface area contributed by atoms with Gasteiger partial charge in [0.25, 0.3) is 0 Å². The number of phosphoric ester groups is 1. The summed E-state index contributed by atoms with van der Waals surface area (Å²) in [4.78, 5) is 34.8. The predicted octanol–water partition coefficient (Wildman–Crippen LogP) is 12.6. The van der Waals surface area contributed by atoms with E-state index in [4.69, 9.17) is 24.3 Å². The predicted molar refractivity (Wildman–Crippen MR) is 238 cm³/mol. The third-order valence-corrected chi connectivity index (χ3v) is 9.45. The van der Waals surface area contributed by atoms with Crippen molar-refractivity contribution in [2.75, 3.05) is 26.4 Å². The van der Waals surface area contributed by atoms with E-state index in [1.807, 2.05) is 12.2 Å². The first kappa shape index (κ1) is 53.9. The fourth-order valence-electron chi connectivity index (χ4n) is 5.28. The van der Waals surface area contributed by atoms with Crippen molar-refractivity contribution in [3.05, 3.63) is 97.2 Å². The molecule has 3 N–H and O–H groups in total. The lowest BCUT2D eigenvalue weighted by Crippen LogP contribution is -2.29. The largest absolute Gasteiger partial charge is 0.472 e. The first-order valence-corrected chi connectivity index (χ1v) is 23.2. The smallest absolute Gasteiger partial charge is 0.462 e. The summed E-state index contributed by atoms with van der Waals surface area (Å²) in [6.07, 6.45) is 54.5. The molecule has 0 fully saturated rings. The zero-order valence-electron chi connectivity index (χ0n) is 35.5. The first-order chi connectivity index (χ1) is 27.8. The van der Waals surface area contributed by atoms with Crippen LogP contribution in [0.4, 0.5) is 0 Å². The van der Waals surface area contributed by atoms with Gasteiger partial charge < -0.3 is 20.1 Å². The van der Waals surface area contributed by atoms with Crippen LogP contribution in [0.5, 0.6) is 0 Å². The van der Waals surface area contributed by atoms with Crippen LogP contribution in [0.2, 0.25) is 0 Å². The molecule has 0 aromatic rings. The Morgan fingerprint density at radius 2 is 1.00 bits per heavy atom. The summed E-state index contributed by atoms with van der Waals surface area (Å²) in [5.41, 5.74) is 5.34. The number of esters is 2. The van der Waals surface area contributed by atoms with Gasteiger partial charge in [-0.2, -0.15) is 0 Å². The minimum absolute atomic E-state index is 0.0371. The van der Waals surface area contributed by atoms with Crippen LogP contribution in [0.25, 0.3) is 0 Å². The van der Waals surface area contributed by atoms with Crippen molar-refractivity contribution in [3.63, 3.8) is 0 Å². The SMILES string of the molecule is CCC=CCC=CCC=CCC=CCC=CCC=CCCC(=O)OCC(COP(=O)(O)OCCN)OC(=O)CCCCCCCCCC=CCC=CCCCCC. The molecule has 0 amide bonds. The van der Waals surface area contributed by atoms with Crippen molar-refractivity contribution < 1.29 is 37.6 Å². The molecule has 0 aromatic carbocycles. The molecule has 0 aliphatic carbocycles. The number of unbranched alkanes of at least 4 members (excludes halogenated alkanes) is 10. The molecule has 0 radical (unpaired) electrons. The molecule has 324 valence electrons. The van der Waals surface area contributed by atoms with E-state index in [9.17, 15) is 19.0 Å². The van der Waals surface area contributed by atoms with E-state index in [0.29, 0.717) is 12.8 Å². The van der Waals surface area contributed by atoms with E-state index in [1.165, 1.54) is 44.9 Å². The number of hydrogen-bond donors (Lipinski definition) is 2. The second-order valence-electron chi connectivity index (χ2n) is 13.8. The molecule has 0 aromatic heterocycles. The normalized spacial score (nSPS) is 14.2. The highest BCUT2D eigenvalue weighted by molar-refractivity contribution is 7.47. The minimum Gasteiger partial charge on any atom is -0.462 e. The van der Waals surface area contributed by atoms with Crippen molar-refractivity contribution >= 4 is 19.8 Å². The standard InChI is InChI=1S/C47H78NO8P/c1-3-5-7-9-11-13-15-17-19-21-22-24-25-27-29-31-33-35-37-39-46(49)53-43-45(44-55-57(51,52)54-42-41-48)56-47(50)40-38-36-34-32-30-28-26-23-20-18-16-14-12-10-8-6-4-2/h5,7,11-14,17-20,22,24,27,29,33,35,45H,3-4,6,8-10,15-16,21,23,25-26,28,30-32,34,36-44,48H2,1-2H3,(H,51,52). The second kappa shape index (κ2) is 42.5. The van der Waals surface area contributed by atoms with E-state index in [-0.39, 0.29) is 32.6 Å². The molecule has 10 heteroatoms. The van der Waals surface area contributed by atoms with E-state index in [0.717, 1.165) is 70.6 Å². The van der Waals surface area contributed by atoms with Crippen LogP contribution in [0, 0.1) is 0 Å². The molecule has 0 bridgehead atoms. The minimum atomic E-state index is -4.40. The molecule has 0 aliphatic heterocycles. The van der Waals surface area contributed by atoms with Crippen LogP contribution in [-0.2, 0) is 32.7 Å². The van der Waals surface area contributed by atoms with Crippen molar-refractivity contribution in [2.45, 2.75) is 161 Å². The Hall–Kier alpha value is -3.07. The highest BCUT2D eigenvalue weighted by Crippen LogP contribution is 2.43. The Morgan fingerprint density at radius 3 is 1.51 bits per heavy atom. The number of allylic oxidation sites excluding steroid dienone is 16. The molecule has 0 heterocycles. The van der Waals surface area contributed by atoms with Gasteiger partial charge >= 0.3 is 19.8 Å². The van der Waals surface area contributed by atoms with Crippen LogP contribution in [0.3, 0.4) is 0 Å². The summed E-state index contributed by atoms with van der Waals surface area (Å²) in [5.74, 6) is -0.945. The molecular weight excluding hydrogens is 737 g/mol. The number of carbonyl (C=O) groups is 2. The van der Waals surface area contributed by atoms with Crippen molar-refractivity contribution in [2.24, 2.45) is 5.73 Å². The summed E-state index contributed by atoms with van der Waals surface area (Å²) in [6, 6.07) is 0. The second-order valence-corrected chi connectivity index (χ2v) is 15.3. The maximum Gasteiger partial charge on any atom is 0.472 e. The lowest BCUT2D eigenvalue weighted by molar-refractivity contribution is -0.161. The highest BCUT2D eigenvalue weighted by atomic mass is 31.2. The van der Waals surface area contributed by atoms with Gasteiger partial charge in [-0.05, 0) is 83.5 Å². The Kier molecular flexibility index (Phi) is 40.2. The van der Waals surface area contributed by atoms with Gasteiger partial charge in [-0.1, -0.05) is 156 Å². The van der Waals surface area contributed by atoms with Crippen molar-refractivity contribution in [1.29, 1.82) is 0 Å². The molecule has 0 rings (SSSR count). The molecular formula is C47H78NO8P. The topological polar surface area (TPSA) is 134 Å². The zero-order chi connectivity index (χ0) is 41.8. The summed E-state index contributed by atoms with van der Waals surface area (Å²) >= 11 is 0. The maximum absolute atomic E-state index is 12.6. The average molecular weight is 816 g/mol. The summed E-state index contributed by atoms with van der Waals surface area (Å²) in [7, 11) is -4.40. The number of nitrogens with two attached hydrogens (primary N) is 1. The van der Waals surface area contributed by atoms with E-state index in [2.05, 4.69) is 98.9 Å². The van der Waals surface area contributed by atoms with Crippen LogP contribution < -0.4 is 5.73 Å². The van der Waals surface area contributed by atoms with Gasteiger partial charge in [0.1, 0.15) is 6.61 Å². The Bertz CT molecular complexity index is 1250. The quantitative estimate of drug-likeness (QED) is 0.0269. The van der Waals surface area contributed by atoms with Gasteiger partial charge in [-0.15, -0.1) is 0 Å². The maximum atomic E-state index is 12.6. The van der Waals surface area contributed by atoms with Crippen molar-refractivity contribution in [1.82, 2.24) is 0 Å². The Balaban J connectivity index is 4.31. The third-order valence-electron chi connectivity index (χ3n) is 8.47. The zero-order valence-corrected chi connectivity index (χ0v) is 36.4. The first-order valence-electron chi connectivity index (χ1n) is 21.7. The Labute approximate surface area is 346 Å². The fraction of sp³-hybridized carbons (Fsp3) is 0.617. The molecule has 9 nitrogen and oxygen atoms in total. The van der Waals surface area contributed by atoms with Crippen LogP contribution in [0.15, 0.2) is 97.2 Å². The summed E-state index contributed by atoms with van der Waals surface area (Å²) < 4.78 is 32.7. The molecule has 2 atom stereocenters. The average Bonchev–Trinajstić information content (AvgIpc) is 3.20. The van der Waals surface area contributed by atoms with E-state index in [1.54, 1.807) is 0 Å². The molecule has 0 spiro atoms. The molecule has 0 aliphatic rings. The van der Waals surface area contributed by atoms with Gasteiger partial charge in [-0.25, -0.2) is 4.57 Å². The molecule has 57 heavy (non-hydrogen) atoms. The number of carbonyl (C=O) groups excluding carboxylic acids is 2. The monoisotopic (exact) mass is 816 g/mol. The van der Waals surface area contributed by atoms with Gasteiger partial charge in [0.2, 0.25) is 0 Å². The lowest BCUT2D eigenvalue weighted by Gasteiger charge is -2.19. The van der Waals surface area contributed by atoms with Gasteiger partial charge in [0, 0.05) is 19.4 Å². The van der Waals surface area contributed by atoms with Gasteiger partial charge in [0.15, 0.2) is 6.10 Å². The number of rotatable bonds is 39. The van der Waals surface area contributed by atoms with Gasteiger partial charge in [-0.3, -0.25) is 18.6 Å². The van der Waals surface area contributed by atoms with Gasteiger partial charge in [0.05, 0.1) is 13.2 Å². The number of hydrogen-bond acceptors (Lipinski definition) is 8. The van der Waals surface area contributed by atoms with Crippen molar-refractivity contribution in [3.8, 4) is 0 Å². The third kappa shape index (κ3) is 42.4. The molecule has 0 saturated carbocycles. The Morgan fingerprint density at radius 1 is 0.544 bits per heavy atom. The summed E-state index contributed by atoms with van der Waals surface area (Å²) in [5, 5.41) is 0. The lowest BCUT2D eigenvalue weighted by atomic mass is 10.1. The summed E-state index contributed by atoms with van der Waals surface area (Å²) in [6.45, 7) is 3.47. The van der Waals surface area contributed by atoms with Crippen LogP contribution in [-0.4, -0.2) is 49.3 Å². The number of ether oxygens (including phenoxy) is 2. The highest BCUT2D eigenvalue weighted by Gasteiger charge is 2.25. The fourth-order valence-corrected chi connectivity index (χ4v) is 6.04. The van der Waals surface area contributed by atoms with E-state index >= 15 is 0 Å². The van der Waals surface area contributed by atoms with Crippen LogP contribution >= 0.6 is 7.82 Å².